The third-order valence-corrected chi connectivity index (χ3v) is 4.08. The quantitative estimate of drug-likeness (QED) is 0.880. The second-order valence-electron chi connectivity index (χ2n) is 5.70. The van der Waals surface area contributed by atoms with Gasteiger partial charge < -0.3 is 15.3 Å². The molecule has 21 heavy (non-hydrogen) atoms. The Hall–Kier alpha value is -1.59. The minimum absolute atomic E-state index is 0.0838. The fourth-order valence-electron chi connectivity index (χ4n) is 2.16. The molecule has 0 aromatic heterocycles. The summed E-state index contributed by atoms with van der Waals surface area (Å²) in [7, 11) is 0. The minimum Gasteiger partial charge on any atom is -0.386 e. The van der Waals surface area contributed by atoms with E-state index in [9.17, 15) is 14.7 Å². The van der Waals surface area contributed by atoms with Crippen LogP contribution < -0.4 is 5.32 Å². The maximum Gasteiger partial charge on any atom is 0.251 e. The zero-order valence-electron chi connectivity index (χ0n) is 12.1. The molecule has 1 aromatic rings. The first-order valence-electron chi connectivity index (χ1n) is 6.86. The third-order valence-electron chi connectivity index (χ3n) is 3.84. The smallest absolute Gasteiger partial charge is 0.251 e. The lowest BCUT2D eigenvalue weighted by atomic mass is 9.83. The van der Waals surface area contributed by atoms with Crippen LogP contribution in [0.4, 0.5) is 0 Å². The van der Waals surface area contributed by atoms with Crippen LogP contribution in [-0.2, 0) is 4.79 Å². The molecule has 0 radical (unpaired) electrons. The highest BCUT2D eigenvalue weighted by Crippen LogP contribution is 2.28. The molecule has 0 aliphatic carbocycles. The Morgan fingerprint density at radius 2 is 2.10 bits per heavy atom. The zero-order valence-corrected chi connectivity index (χ0v) is 12.9. The van der Waals surface area contributed by atoms with Gasteiger partial charge in [0.05, 0.1) is 19.6 Å². The first-order valence-corrected chi connectivity index (χ1v) is 7.23. The molecule has 1 aromatic carbocycles. The fourth-order valence-corrected chi connectivity index (χ4v) is 2.35. The van der Waals surface area contributed by atoms with Crippen LogP contribution in [0.5, 0.6) is 0 Å². The van der Waals surface area contributed by atoms with Crippen molar-refractivity contribution in [2.45, 2.75) is 19.4 Å². The number of likely N-dealkylation sites (tertiary alicyclic amines) is 1. The highest BCUT2D eigenvalue weighted by molar-refractivity contribution is 6.30. The summed E-state index contributed by atoms with van der Waals surface area (Å²) in [5.74, 6) is -0.441. The van der Waals surface area contributed by atoms with Crippen molar-refractivity contribution >= 4 is 23.4 Å². The third kappa shape index (κ3) is 3.54. The Kier molecular flexibility index (Phi) is 4.54. The Bertz CT molecular complexity index is 554. The lowest BCUT2D eigenvalue weighted by molar-refractivity contribution is -0.162. The predicted octanol–water partition coefficient (Wildman–Crippen LogP) is 1.30. The average molecular weight is 311 g/mol. The maximum absolute atomic E-state index is 11.9. The highest BCUT2D eigenvalue weighted by Gasteiger charge is 2.45. The molecule has 6 heteroatoms. The second-order valence-corrected chi connectivity index (χ2v) is 6.14. The van der Waals surface area contributed by atoms with Crippen molar-refractivity contribution in [3.05, 3.63) is 34.9 Å². The number of nitrogens with zero attached hydrogens (tertiary/aromatic N) is 1. The molecule has 2 rings (SSSR count). The molecule has 0 spiro atoms. The van der Waals surface area contributed by atoms with Crippen LogP contribution in [0.25, 0.3) is 0 Å². The molecule has 0 atom stereocenters. The van der Waals surface area contributed by atoms with Crippen LogP contribution in [0.2, 0.25) is 5.02 Å². The molecule has 2 amide bonds. The number of carbonyl (C=O) groups excluding carboxylic acids is 2. The Balaban J connectivity index is 1.82. The molecule has 0 bridgehead atoms. The maximum atomic E-state index is 11.9. The highest BCUT2D eigenvalue weighted by atomic mass is 35.5. The van der Waals surface area contributed by atoms with Crippen molar-refractivity contribution in [2.75, 3.05) is 19.6 Å². The summed E-state index contributed by atoms with van der Waals surface area (Å²) >= 11 is 5.81. The fraction of sp³-hybridized carbons (Fsp3) is 0.467. The van der Waals surface area contributed by atoms with Gasteiger partial charge in [-0.1, -0.05) is 31.5 Å². The molecule has 114 valence electrons. The van der Waals surface area contributed by atoms with Gasteiger partial charge in [-0.3, -0.25) is 9.59 Å². The van der Waals surface area contributed by atoms with Crippen molar-refractivity contribution in [3.63, 3.8) is 0 Å². The molecule has 5 nitrogen and oxygen atoms in total. The van der Waals surface area contributed by atoms with Crippen LogP contribution in [0, 0.1) is 5.92 Å². The number of halogens is 1. The van der Waals surface area contributed by atoms with Gasteiger partial charge in [-0.05, 0) is 24.1 Å². The van der Waals surface area contributed by atoms with Crippen molar-refractivity contribution < 1.29 is 14.7 Å². The summed E-state index contributed by atoms with van der Waals surface area (Å²) in [5, 5.41) is 13.1. The lowest BCUT2D eigenvalue weighted by Crippen LogP contribution is -2.67. The molecule has 0 unspecified atom stereocenters. The first kappa shape index (κ1) is 15.8. The van der Waals surface area contributed by atoms with Crippen molar-refractivity contribution in [1.82, 2.24) is 10.2 Å². The summed E-state index contributed by atoms with van der Waals surface area (Å²) in [6.45, 7) is 4.39. The molecular weight excluding hydrogens is 292 g/mol. The standard InChI is InChI=1S/C15H19ClN2O3/c1-10(2)15(21)8-18(9-15)13(19)7-17-14(20)11-4-3-5-12(16)6-11/h3-6,10,21H,7-9H2,1-2H3,(H,17,20). The Morgan fingerprint density at radius 1 is 1.43 bits per heavy atom. The number of nitrogens with one attached hydrogen (secondary N) is 1. The largest absolute Gasteiger partial charge is 0.386 e. The van der Waals surface area contributed by atoms with Gasteiger partial charge in [-0.2, -0.15) is 0 Å². The van der Waals surface area contributed by atoms with E-state index in [-0.39, 0.29) is 24.3 Å². The molecular formula is C15H19ClN2O3. The van der Waals surface area contributed by atoms with Gasteiger partial charge in [0, 0.05) is 10.6 Å². The van der Waals surface area contributed by atoms with Gasteiger partial charge in [0.2, 0.25) is 5.91 Å². The van der Waals surface area contributed by atoms with Crippen molar-refractivity contribution in [3.8, 4) is 0 Å². The summed E-state index contributed by atoms with van der Waals surface area (Å²) in [5.41, 5.74) is -0.385. The van der Waals surface area contributed by atoms with Gasteiger partial charge >= 0.3 is 0 Å². The first-order chi connectivity index (χ1) is 9.82. The summed E-state index contributed by atoms with van der Waals surface area (Å²) in [4.78, 5) is 25.3. The average Bonchev–Trinajstić information content (AvgIpc) is 2.40. The van der Waals surface area contributed by atoms with Gasteiger partial charge in [-0.15, -0.1) is 0 Å². The number of hydrogen-bond donors (Lipinski definition) is 2. The summed E-state index contributed by atoms with van der Waals surface area (Å²) < 4.78 is 0. The summed E-state index contributed by atoms with van der Waals surface area (Å²) in [6.07, 6.45) is 0. The molecule has 1 fully saturated rings. The topological polar surface area (TPSA) is 69.6 Å². The van der Waals surface area contributed by atoms with E-state index in [1.807, 2.05) is 13.8 Å². The number of hydrogen-bond acceptors (Lipinski definition) is 3. The van der Waals surface area contributed by atoms with Crippen LogP contribution in [-0.4, -0.2) is 47.1 Å². The van der Waals surface area contributed by atoms with E-state index in [4.69, 9.17) is 11.6 Å². The number of carbonyl (C=O) groups is 2. The van der Waals surface area contributed by atoms with Crippen LogP contribution >= 0.6 is 11.6 Å². The Labute approximate surface area is 128 Å². The second kappa shape index (κ2) is 6.03. The van der Waals surface area contributed by atoms with Crippen LogP contribution in [0.15, 0.2) is 24.3 Å². The van der Waals surface area contributed by atoms with E-state index in [1.165, 1.54) is 4.90 Å². The lowest BCUT2D eigenvalue weighted by Gasteiger charge is -2.49. The molecule has 1 aliphatic heterocycles. The van der Waals surface area contributed by atoms with Gasteiger partial charge in [0.15, 0.2) is 0 Å². The normalized spacial score (nSPS) is 16.5. The minimum atomic E-state index is -0.799. The van der Waals surface area contributed by atoms with Crippen molar-refractivity contribution in [1.29, 1.82) is 0 Å². The molecule has 1 aliphatic rings. The van der Waals surface area contributed by atoms with E-state index < -0.39 is 5.60 Å². The van der Waals surface area contributed by atoms with E-state index in [2.05, 4.69) is 5.32 Å². The van der Waals surface area contributed by atoms with E-state index in [0.29, 0.717) is 23.7 Å². The van der Waals surface area contributed by atoms with Crippen molar-refractivity contribution in [2.24, 2.45) is 5.92 Å². The number of β-amino-alcohol motifs (C(OH)–C–C–N with tert-alkyl or cyclic N) is 1. The predicted molar refractivity (Wildman–Crippen MR) is 80.2 cm³/mol. The van der Waals surface area contributed by atoms with Gasteiger partial charge in [0.25, 0.3) is 5.91 Å². The molecule has 0 saturated carbocycles. The SMILES string of the molecule is CC(C)C1(O)CN(C(=O)CNC(=O)c2cccc(Cl)c2)C1. The number of benzene rings is 1. The number of rotatable bonds is 4. The van der Waals surface area contributed by atoms with Gasteiger partial charge in [0.1, 0.15) is 5.60 Å². The van der Waals surface area contributed by atoms with E-state index in [1.54, 1.807) is 24.3 Å². The van der Waals surface area contributed by atoms with Gasteiger partial charge in [-0.25, -0.2) is 0 Å². The monoisotopic (exact) mass is 310 g/mol. The summed E-state index contributed by atoms with van der Waals surface area (Å²) in [6, 6.07) is 6.53. The Morgan fingerprint density at radius 3 is 2.67 bits per heavy atom. The van der Waals surface area contributed by atoms with E-state index in [0.717, 1.165) is 0 Å². The van der Waals surface area contributed by atoms with Crippen LogP contribution in [0.1, 0.15) is 24.2 Å². The number of aliphatic hydroxyl groups is 1. The molecule has 2 N–H and O–H groups in total. The zero-order chi connectivity index (χ0) is 15.6. The number of amides is 2. The molecule has 1 heterocycles. The molecule has 1 saturated heterocycles. The van der Waals surface area contributed by atoms with Crippen LogP contribution in [0.3, 0.4) is 0 Å². The van der Waals surface area contributed by atoms with E-state index >= 15 is 0 Å².